The van der Waals surface area contributed by atoms with E-state index in [4.69, 9.17) is 0 Å². The molecule has 0 bridgehead atoms. The molecule has 1 saturated heterocycles. The van der Waals surface area contributed by atoms with Gasteiger partial charge in [0.1, 0.15) is 5.01 Å². The van der Waals surface area contributed by atoms with Crippen molar-refractivity contribution in [2.24, 2.45) is 5.92 Å². The fourth-order valence-corrected chi connectivity index (χ4v) is 3.53. The van der Waals surface area contributed by atoms with E-state index in [1.54, 1.807) is 11.3 Å². The minimum absolute atomic E-state index is 0.289. The van der Waals surface area contributed by atoms with E-state index < -0.39 is 0 Å². The lowest BCUT2D eigenvalue weighted by Gasteiger charge is -2.47. The molecule has 0 radical (unpaired) electrons. The fourth-order valence-electron chi connectivity index (χ4n) is 2.90. The topological polar surface area (TPSA) is 28.2 Å². The Morgan fingerprint density at radius 1 is 1.56 bits per heavy atom. The van der Waals surface area contributed by atoms with Crippen molar-refractivity contribution in [3.8, 4) is 0 Å². The van der Waals surface area contributed by atoms with Crippen molar-refractivity contribution < 1.29 is 0 Å². The predicted octanol–water partition coefficient (Wildman–Crippen LogP) is 2.50. The molecule has 1 aromatic heterocycles. The number of nitrogens with zero attached hydrogens (tertiary/aromatic N) is 2. The minimum Gasteiger partial charge on any atom is -0.311 e. The van der Waals surface area contributed by atoms with Crippen molar-refractivity contribution in [2.45, 2.75) is 51.2 Å². The van der Waals surface area contributed by atoms with E-state index in [1.165, 1.54) is 30.8 Å². The van der Waals surface area contributed by atoms with Gasteiger partial charge in [-0.3, -0.25) is 4.90 Å². The molecule has 3 nitrogen and oxygen atoms in total. The number of thiazole rings is 1. The maximum Gasteiger partial charge on any atom is 0.107 e. The van der Waals surface area contributed by atoms with Gasteiger partial charge in [0.05, 0.1) is 6.54 Å². The third-order valence-electron chi connectivity index (χ3n) is 4.69. The summed E-state index contributed by atoms with van der Waals surface area (Å²) in [4.78, 5) is 7.11. The summed E-state index contributed by atoms with van der Waals surface area (Å²) in [5.41, 5.74) is 0.289. The number of hydrogen-bond donors (Lipinski definition) is 1. The van der Waals surface area contributed by atoms with Crippen LogP contribution in [-0.2, 0) is 6.54 Å². The lowest BCUT2D eigenvalue weighted by Crippen LogP contribution is -2.63. The molecule has 2 fully saturated rings. The molecule has 100 valence electrons. The summed E-state index contributed by atoms with van der Waals surface area (Å²) in [6.07, 6.45) is 5.96. The standard InChI is InChI=1S/C14H23N3S/c1-3-14(2)10-16-12(11-4-5-11)8-17(14)9-13-15-6-7-18-13/h6-7,11-12,16H,3-5,8-10H2,1-2H3. The zero-order valence-electron chi connectivity index (χ0n) is 11.4. The summed E-state index contributed by atoms with van der Waals surface area (Å²) >= 11 is 1.78. The van der Waals surface area contributed by atoms with Gasteiger partial charge in [-0.05, 0) is 32.1 Å². The molecule has 1 aliphatic carbocycles. The highest BCUT2D eigenvalue weighted by Crippen LogP contribution is 2.36. The third kappa shape index (κ3) is 2.46. The lowest BCUT2D eigenvalue weighted by molar-refractivity contribution is 0.0369. The Morgan fingerprint density at radius 3 is 3.00 bits per heavy atom. The first-order valence-electron chi connectivity index (χ1n) is 7.08. The van der Waals surface area contributed by atoms with Crippen LogP contribution in [0.5, 0.6) is 0 Å². The van der Waals surface area contributed by atoms with Crippen molar-refractivity contribution in [2.75, 3.05) is 13.1 Å². The molecule has 4 heteroatoms. The zero-order chi connectivity index (χ0) is 12.6. The van der Waals surface area contributed by atoms with Crippen molar-refractivity contribution >= 4 is 11.3 Å². The molecule has 2 heterocycles. The first-order chi connectivity index (χ1) is 8.71. The second-order valence-corrected chi connectivity index (χ2v) is 6.96. The van der Waals surface area contributed by atoms with E-state index in [1.807, 2.05) is 6.20 Å². The Bertz CT molecular complexity index is 388. The summed E-state index contributed by atoms with van der Waals surface area (Å²) in [6.45, 7) is 8.02. The molecular weight excluding hydrogens is 242 g/mol. The van der Waals surface area contributed by atoms with Crippen molar-refractivity contribution in [1.29, 1.82) is 0 Å². The normalized spacial score (nSPS) is 33.8. The Kier molecular flexibility index (Phi) is 3.43. The summed E-state index contributed by atoms with van der Waals surface area (Å²) in [5, 5.41) is 7.11. The van der Waals surface area contributed by atoms with E-state index in [0.717, 1.165) is 19.0 Å². The lowest BCUT2D eigenvalue weighted by atomic mass is 9.91. The van der Waals surface area contributed by atoms with Gasteiger partial charge in [-0.15, -0.1) is 11.3 Å². The summed E-state index contributed by atoms with van der Waals surface area (Å²) in [6, 6.07) is 0.713. The number of nitrogens with one attached hydrogen (secondary N) is 1. The van der Waals surface area contributed by atoms with Gasteiger partial charge in [0.2, 0.25) is 0 Å². The number of hydrogen-bond acceptors (Lipinski definition) is 4. The second-order valence-electron chi connectivity index (χ2n) is 5.98. The predicted molar refractivity (Wildman–Crippen MR) is 75.7 cm³/mol. The van der Waals surface area contributed by atoms with E-state index in [0.29, 0.717) is 6.04 Å². The molecule has 3 rings (SSSR count). The first kappa shape index (κ1) is 12.6. The van der Waals surface area contributed by atoms with E-state index in [-0.39, 0.29) is 5.54 Å². The van der Waals surface area contributed by atoms with Crippen LogP contribution in [0.4, 0.5) is 0 Å². The quantitative estimate of drug-likeness (QED) is 0.906. The van der Waals surface area contributed by atoms with Crippen LogP contribution in [0.1, 0.15) is 38.1 Å². The van der Waals surface area contributed by atoms with Gasteiger partial charge >= 0.3 is 0 Å². The molecule has 1 aliphatic heterocycles. The second kappa shape index (κ2) is 4.91. The molecule has 1 N–H and O–H groups in total. The highest BCUT2D eigenvalue weighted by atomic mass is 32.1. The van der Waals surface area contributed by atoms with Crippen LogP contribution < -0.4 is 5.32 Å². The highest BCUT2D eigenvalue weighted by Gasteiger charge is 2.41. The van der Waals surface area contributed by atoms with Crippen molar-refractivity contribution in [1.82, 2.24) is 15.2 Å². The number of piperazine rings is 1. The smallest absolute Gasteiger partial charge is 0.107 e. The summed E-state index contributed by atoms with van der Waals surface area (Å²) in [7, 11) is 0. The molecule has 18 heavy (non-hydrogen) atoms. The van der Waals surface area contributed by atoms with Gasteiger partial charge in [-0.2, -0.15) is 0 Å². The molecule has 2 aliphatic rings. The minimum atomic E-state index is 0.289. The Balaban J connectivity index is 1.72. The van der Waals surface area contributed by atoms with Crippen molar-refractivity contribution in [3.05, 3.63) is 16.6 Å². The molecule has 0 aromatic carbocycles. The Labute approximate surface area is 114 Å². The van der Waals surface area contributed by atoms with Gasteiger partial charge in [-0.1, -0.05) is 6.92 Å². The van der Waals surface area contributed by atoms with Gasteiger partial charge < -0.3 is 5.32 Å². The van der Waals surface area contributed by atoms with Gasteiger partial charge in [0.15, 0.2) is 0 Å². The fraction of sp³-hybridized carbons (Fsp3) is 0.786. The van der Waals surface area contributed by atoms with E-state index in [2.05, 4.69) is 34.4 Å². The van der Waals surface area contributed by atoms with Gasteiger partial charge in [0, 0.05) is 36.2 Å². The van der Waals surface area contributed by atoms with Gasteiger partial charge in [-0.25, -0.2) is 4.98 Å². The first-order valence-corrected chi connectivity index (χ1v) is 7.96. The zero-order valence-corrected chi connectivity index (χ0v) is 12.2. The van der Waals surface area contributed by atoms with Crippen LogP contribution in [0, 0.1) is 5.92 Å². The maximum absolute atomic E-state index is 4.45. The van der Waals surface area contributed by atoms with E-state index in [9.17, 15) is 0 Å². The molecule has 1 aromatic rings. The average Bonchev–Trinajstić information content (AvgIpc) is 3.11. The average molecular weight is 265 g/mol. The molecule has 1 saturated carbocycles. The highest BCUT2D eigenvalue weighted by molar-refractivity contribution is 7.09. The number of rotatable bonds is 4. The summed E-state index contributed by atoms with van der Waals surface area (Å²) in [5.74, 6) is 0.935. The Morgan fingerprint density at radius 2 is 2.39 bits per heavy atom. The molecule has 0 amide bonds. The Hall–Kier alpha value is -0.450. The van der Waals surface area contributed by atoms with Crippen molar-refractivity contribution in [3.63, 3.8) is 0 Å². The van der Waals surface area contributed by atoms with E-state index >= 15 is 0 Å². The van der Waals surface area contributed by atoms with Crippen LogP contribution in [-0.4, -0.2) is 34.6 Å². The maximum atomic E-state index is 4.45. The third-order valence-corrected chi connectivity index (χ3v) is 5.45. The molecule has 2 atom stereocenters. The van der Waals surface area contributed by atoms with Crippen LogP contribution in [0.3, 0.4) is 0 Å². The summed E-state index contributed by atoms with van der Waals surface area (Å²) < 4.78 is 0. The van der Waals surface area contributed by atoms with Gasteiger partial charge in [0.25, 0.3) is 0 Å². The van der Waals surface area contributed by atoms with Crippen LogP contribution in [0.15, 0.2) is 11.6 Å². The van der Waals surface area contributed by atoms with Crippen LogP contribution in [0.25, 0.3) is 0 Å². The number of aromatic nitrogens is 1. The largest absolute Gasteiger partial charge is 0.311 e. The van der Waals surface area contributed by atoms with Crippen LogP contribution in [0.2, 0.25) is 0 Å². The van der Waals surface area contributed by atoms with Crippen LogP contribution >= 0.6 is 11.3 Å². The molecule has 0 spiro atoms. The molecule has 2 unspecified atom stereocenters. The molecular formula is C14H23N3S. The monoisotopic (exact) mass is 265 g/mol. The SMILES string of the molecule is CCC1(C)CNC(C2CC2)CN1Cc1nccs1.